The van der Waals surface area contributed by atoms with Gasteiger partial charge in [-0.1, -0.05) is 0 Å². The van der Waals surface area contributed by atoms with Crippen molar-refractivity contribution in [2.75, 3.05) is 6.54 Å². The second-order valence-electron chi connectivity index (χ2n) is 4.36. The first-order valence-electron chi connectivity index (χ1n) is 5.82. The van der Waals surface area contributed by atoms with Gasteiger partial charge >= 0.3 is 0 Å². The third kappa shape index (κ3) is 1.63. The summed E-state index contributed by atoms with van der Waals surface area (Å²) in [5, 5.41) is 3.94. The summed E-state index contributed by atoms with van der Waals surface area (Å²) in [6.07, 6.45) is 3.82. The molecule has 1 fully saturated rings. The Morgan fingerprint density at radius 3 is 3.18 bits per heavy atom. The van der Waals surface area contributed by atoms with E-state index in [1.54, 1.807) is 29.9 Å². The largest absolute Gasteiger partial charge is 0.307 e. The molecule has 1 saturated heterocycles. The molecule has 1 aliphatic rings. The van der Waals surface area contributed by atoms with Gasteiger partial charge in [0.25, 0.3) is 5.56 Å². The van der Waals surface area contributed by atoms with Crippen LogP contribution >= 0.6 is 0 Å². The number of aromatic nitrogens is 3. The SMILES string of the molecule is Cn1c([C@@H]2CCCN2)nc2ncccc2c1=O. The molecule has 0 bridgehead atoms. The zero-order valence-electron chi connectivity index (χ0n) is 9.68. The Balaban J connectivity index is 2.25. The number of pyridine rings is 1. The molecular weight excluding hydrogens is 216 g/mol. The topological polar surface area (TPSA) is 59.8 Å². The Labute approximate surface area is 98.5 Å². The van der Waals surface area contributed by atoms with Gasteiger partial charge in [0, 0.05) is 13.2 Å². The predicted molar refractivity (Wildman–Crippen MR) is 64.8 cm³/mol. The molecule has 0 radical (unpaired) electrons. The summed E-state index contributed by atoms with van der Waals surface area (Å²) in [7, 11) is 1.77. The smallest absolute Gasteiger partial charge is 0.262 e. The fraction of sp³-hybridized carbons (Fsp3) is 0.417. The lowest BCUT2D eigenvalue weighted by molar-refractivity contribution is 0.564. The minimum absolute atomic E-state index is 0.0215. The molecule has 3 heterocycles. The molecule has 0 unspecified atom stereocenters. The van der Waals surface area contributed by atoms with Crippen molar-refractivity contribution < 1.29 is 0 Å². The summed E-state index contributed by atoms with van der Waals surface area (Å²) < 4.78 is 1.63. The maximum absolute atomic E-state index is 12.2. The van der Waals surface area contributed by atoms with Gasteiger partial charge in [-0.05, 0) is 31.5 Å². The molecule has 0 amide bonds. The highest BCUT2D eigenvalue weighted by Crippen LogP contribution is 2.20. The maximum Gasteiger partial charge on any atom is 0.262 e. The number of nitrogens with one attached hydrogen (secondary N) is 1. The summed E-state index contributed by atoms with van der Waals surface area (Å²) in [5.74, 6) is 0.790. The van der Waals surface area contributed by atoms with E-state index in [2.05, 4.69) is 15.3 Å². The Kier molecular flexibility index (Phi) is 2.40. The lowest BCUT2D eigenvalue weighted by Crippen LogP contribution is -2.27. The fourth-order valence-corrected chi connectivity index (χ4v) is 2.34. The van der Waals surface area contributed by atoms with Crippen LogP contribution in [0.4, 0.5) is 0 Å². The van der Waals surface area contributed by atoms with Gasteiger partial charge in [0.1, 0.15) is 5.82 Å². The summed E-state index contributed by atoms with van der Waals surface area (Å²) in [5.41, 5.74) is 0.520. The molecular formula is C12H14N4O. The highest BCUT2D eigenvalue weighted by Gasteiger charge is 2.21. The van der Waals surface area contributed by atoms with Crippen molar-refractivity contribution in [3.63, 3.8) is 0 Å². The van der Waals surface area contributed by atoms with Gasteiger partial charge in [0.2, 0.25) is 0 Å². The Hall–Kier alpha value is -1.75. The molecule has 2 aromatic rings. The van der Waals surface area contributed by atoms with Gasteiger partial charge in [0.05, 0.1) is 11.4 Å². The quantitative estimate of drug-likeness (QED) is 0.785. The first-order chi connectivity index (χ1) is 8.27. The van der Waals surface area contributed by atoms with Crippen molar-refractivity contribution in [1.29, 1.82) is 0 Å². The highest BCUT2D eigenvalue weighted by molar-refractivity contribution is 5.72. The van der Waals surface area contributed by atoms with Crippen molar-refractivity contribution in [2.24, 2.45) is 7.05 Å². The van der Waals surface area contributed by atoms with Gasteiger partial charge in [0.15, 0.2) is 5.65 Å². The van der Waals surface area contributed by atoms with Crippen molar-refractivity contribution >= 4 is 11.0 Å². The minimum Gasteiger partial charge on any atom is -0.307 e. The van der Waals surface area contributed by atoms with E-state index >= 15 is 0 Å². The molecule has 1 N–H and O–H groups in total. The monoisotopic (exact) mass is 230 g/mol. The zero-order valence-corrected chi connectivity index (χ0v) is 9.68. The third-order valence-corrected chi connectivity index (χ3v) is 3.26. The van der Waals surface area contributed by atoms with Crippen LogP contribution in [0.1, 0.15) is 24.7 Å². The van der Waals surface area contributed by atoms with Gasteiger partial charge in [-0.15, -0.1) is 0 Å². The molecule has 5 heteroatoms. The van der Waals surface area contributed by atoms with Crippen LogP contribution in [0.25, 0.3) is 11.0 Å². The number of rotatable bonds is 1. The number of fused-ring (bicyclic) bond motifs is 1. The fourth-order valence-electron chi connectivity index (χ4n) is 2.34. The lowest BCUT2D eigenvalue weighted by Gasteiger charge is -2.14. The molecule has 17 heavy (non-hydrogen) atoms. The van der Waals surface area contributed by atoms with E-state index in [1.165, 1.54) is 0 Å². The van der Waals surface area contributed by atoms with E-state index in [-0.39, 0.29) is 11.6 Å². The molecule has 88 valence electrons. The Morgan fingerprint density at radius 2 is 2.41 bits per heavy atom. The second-order valence-corrected chi connectivity index (χ2v) is 4.36. The zero-order chi connectivity index (χ0) is 11.8. The van der Waals surface area contributed by atoms with Crippen LogP contribution in [0.2, 0.25) is 0 Å². The minimum atomic E-state index is -0.0215. The molecule has 0 aromatic carbocycles. The van der Waals surface area contributed by atoms with E-state index in [4.69, 9.17) is 0 Å². The standard InChI is InChI=1S/C12H14N4O/c1-16-11(9-5-3-6-13-9)15-10-8(12(16)17)4-2-7-14-10/h2,4,7,9,13H,3,5-6H2,1H3/t9-/m0/s1. The summed E-state index contributed by atoms with van der Waals surface area (Å²) >= 11 is 0. The lowest BCUT2D eigenvalue weighted by atomic mass is 10.2. The second kappa shape index (κ2) is 3.92. The van der Waals surface area contributed by atoms with Gasteiger partial charge < -0.3 is 5.32 Å². The van der Waals surface area contributed by atoms with Gasteiger partial charge in [-0.3, -0.25) is 9.36 Å². The number of hydrogen-bond donors (Lipinski definition) is 1. The van der Waals surface area contributed by atoms with E-state index in [9.17, 15) is 4.79 Å². The third-order valence-electron chi connectivity index (χ3n) is 3.26. The van der Waals surface area contributed by atoms with E-state index in [0.717, 1.165) is 25.2 Å². The summed E-state index contributed by atoms with van der Waals surface area (Å²) in [6, 6.07) is 3.71. The van der Waals surface area contributed by atoms with Crippen molar-refractivity contribution in [1.82, 2.24) is 19.9 Å². The van der Waals surface area contributed by atoms with Crippen LogP contribution in [0.3, 0.4) is 0 Å². The van der Waals surface area contributed by atoms with Crippen molar-refractivity contribution in [2.45, 2.75) is 18.9 Å². The molecule has 0 saturated carbocycles. The van der Waals surface area contributed by atoms with Gasteiger partial charge in [-0.25, -0.2) is 9.97 Å². The van der Waals surface area contributed by atoms with E-state index < -0.39 is 0 Å². The Bertz CT molecular complexity index is 613. The average Bonchev–Trinajstić information content (AvgIpc) is 2.87. The van der Waals surface area contributed by atoms with Crippen LogP contribution in [0.5, 0.6) is 0 Å². The molecule has 1 aliphatic heterocycles. The Morgan fingerprint density at radius 1 is 1.53 bits per heavy atom. The van der Waals surface area contributed by atoms with Crippen LogP contribution in [-0.2, 0) is 7.05 Å². The molecule has 0 spiro atoms. The van der Waals surface area contributed by atoms with Crippen LogP contribution < -0.4 is 10.9 Å². The molecule has 1 atom stereocenters. The molecule has 5 nitrogen and oxygen atoms in total. The first kappa shape index (κ1) is 10.4. The molecule has 2 aromatic heterocycles. The predicted octanol–water partition coefficient (Wildman–Crippen LogP) is 0.753. The van der Waals surface area contributed by atoms with Crippen LogP contribution in [-0.4, -0.2) is 21.1 Å². The molecule has 3 rings (SSSR count). The summed E-state index contributed by atoms with van der Waals surface area (Å²) in [4.78, 5) is 20.8. The summed E-state index contributed by atoms with van der Waals surface area (Å²) in [6.45, 7) is 0.987. The molecule has 0 aliphatic carbocycles. The van der Waals surface area contributed by atoms with Gasteiger partial charge in [-0.2, -0.15) is 0 Å². The van der Waals surface area contributed by atoms with E-state index in [1.807, 2.05) is 0 Å². The highest BCUT2D eigenvalue weighted by atomic mass is 16.1. The number of nitrogens with zero attached hydrogens (tertiary/aromatic N) is 3. The maximum atomic E-state index is 12.2. The first-order valence-corrected chi connectivity index (χ1v) is 5.82. The van der Waals surface area contributed by atoms with Crippen LogP contribution in [0, 0.1) is 0 Å². The normalized spacial score (nSPS) is 19.9. The average molecular weight is 230 g/mol. The number of hydrogen-bond acceptors (Lipinski definition) is 4. The van der Waals surface area contributed by atoms with E-state index in [0.29, 0.717) is 11.0 Å². The van der Waals surface area contributed by atoms with Crippen molar-refractivity contribution in [3.05, 3.63) is 34.5 Å². The van der Waals surface area contributed by atoms with Crippen LogP contribution in [0.15, 0.2) is 23.1 Å². The van der Waals surface area contributed by atoms with Crippen molar-refractivity contribution in [3.8, 4) is 0 Å².